The summed E-state index contributed by atoms with van der Waals surface area (Å²) in [6, 6.07) is 7.50. The highest BCUT2D eigenvalue weighted by molar-refractivity contribution is 5.77. The standard InChI is InChI=1S/C14H22N2O2/c1-4-16(10-14(18)15-3)11(2)9-12-5-7-13(17)8-6-12/h5-8,11,17H,4,9-10H2,1-3H3,(H,15,18). The van der Waals surface area contributed by atoms with Crippen molar-refractivity contribution in [2.24, 2.45) is 0 Å². The van der Waals surface area contributed by atoms with Crippen molar-refractivity contribution in [2.75, 3.05) is 20.1 Å². The number of phenolic OH excluding ortho intramolecular Hbond substituents is 1. The zero-order valence-corrected chi connectivity index (χ0v) is 11.3. The SMILES string of the molecule is CCN(CC(=O)NC)C(C)Cc1ccc(O)cc1. The number of benzene rings is 1. The predicted molar refractivity (Wildman–Crippen MR) is 72.6 cm³/mol. The maximum absolute atomic E-state index is 11.4. The van der Waals surface area contributed by atoms with Crippen LogP contribution in [0.1, 0.15) is 19.4 Å². The molecular formula is C14H22N2O2. The first-order valence-corrected chi connectivity index (χ1v) is 6.29. The fraction of sp³-hybridized carbons (Fsp3) is 0.500. The lowest BCUT2D eigenvalue weighted by molar-refractivity contribution is -0.122. The van der Waals surface area contributed by atoms with Gasteiger partial charge < -0.3 is 10.4 Å². The Hall–Kier alpha value is -1.55. The number of phenols is 1. The summed E-state index contributed by atoms with van der Waals surface area (Å²) in [7, 11) is 1.65. The van der Waals surface area contributed by atoms with Gasteiger partial charge >= 0.3 is 0 Å². The molecule has 1 aromatic rings. The van der Waals surface area contributed by atoms with Gasteiger partial charge in [0.2, 0.25) is 5.91 Å². The molecule has 1 atom stereocenters. The first-order valence-electron chi connectivity index (χ1n) is 6.29. The van der Waals surface area contributed by atoms with E-state index in [1.807, 2.05) is 12.1 Å². The van der Waals surface area contributed by atoms with Gasteiger partial charge in [0.25, 0.3) is 0 Å². The second kappa shape index (κ2) is 7.01. The summed E-state index contributed by atoms with van der Waals surface area (Å²) >= 11 is 0. The van der Waals surface area contributed by atoms with Crippen LogP contribution >= 0.6 is 0 Å². The summed E-state index contributed by atoms with van der Waals surface area (Å²) in [6.45, 7) is 5.43. The number of likely N-dealkylation sites (N-methyl/N-ethyl adjacent to an activating group) is 2. The van der Waals surface area contributed by atoms with Crippen molar-refractivity contribution in [3.63, 3.8) is 0 Å². The van der Waals surface area contributed by atoms with Crippen LogP contribution in [0.2, 0.25) is 0 Å². The molecule has 18 heavy (non-hydrogen) atoms. The third-order valence-electron chi connectivity index (χ3n) is 3.12. The summed E-state index contributed by atoms with van der Waals surface area (Å²) in [4.78, 5) is 13.5. The fourth-order valence-corrected chi connectivity index (χ4v) is 1.95. The Morgan fingerprint density at radius 3 is 2.50 bits per heavy atom. The maximum atomic E-state index is 11.4. The molecule has 100 valence electrons. The van der Waals surface area contributed by atoms with E-state index in [1.54, 1.807) is 19.2 Å². The molecule has 1 amide bonds. The van der Waals surface area contributed by atoms with Crippen molar-refractivity contribution < 1.29 is 9.90 Å². The molecule has 4 nitrogen and oxygen atoms in total. The van der Waals surface area contributed by atoms with Crippen molar-refractivity contribution in [1.82, 2.24) is 10.2 Å². The molecular weight excluding hydrogens is 228 g/mol. The Morgan fingerprint density at radius 1 is 1.39 bits per heavy atom. The largest absolute Gasteiger partial charge is 0.508 e. The molecule has 1 rings (SSSR count). The normalized spacial score (nSPS) is 12.4. The molecule has 0 radical (unpaired) electrons. The number of carbonyl (C=O) groups excluding carboxylic acids is 1. The van der Waals surface area contributed by atoms with E-state index >= 15 is 0 Å². The molecule has 0 spiro atoms. The van der Waals surface area contributed by atoms with Crippen LogP contribution in [0.3, 0.4) is 0 Å². The van der Waals surface area contributed by atoms with E-state index in [1.165, 1.54) is 0 Å². The summed E-state index contributed by atoms with van der Waals surface area (Å²) in [5.41, 5.74) is 1.16. The van der Waals surface area contributed by atoms with E-state index in [-0.39, 0.29) is 17.7 Å². The van der Waals surface area contributed by atoms with E-state index in [0.717, 1.165) is 18.5 Å². The summed E-state index contributed by atoms with van der Waals surface area (Å²) < 4.78 is 0. The van der Waals surface area contributed by atoms with Gasteiger partial charge in [-0.25, -0.2) is 0 Å². The number of carbonyl (C=O) groups is 1. The van der Waals surface area contributed by atoms with E-state index in [4.69, 9.17) is 0 Å². The third kappa shape index (κ3) is 4.37. The monoisotopic (exact) mass is 250 g/mol. The van der Waals surface area contributed by atoms with E-state index in [0.29, 0.717) is 6.54 Å². The lowest BCUT2D eigenvalue weighted by Gasteiger charge is -2.27. The quantitative estimate of drug-likeness (QED) is 0.802. The third-order valence-corrected chi connectivity index (χ3v) is 3.12. The zero-order valence-electron chi connectivity index (χ0n) is 11.3. The van der Waals surface area contributed by atoms with Crippen molar-refractivity contribution in [2.45, 2.75) is 26.3 Å². The molecule has 0 heterocycles. The number of hydrogen-bond donors (Lipinski definition) is 2. The number of nitrogens with zero attached hydrogens (tertiary/aromatic N) is 1. The average molecular weight is 250 g/mol. The molecule has 0 fully saturated rings. The van der Waals surface area contributed by atoms with Gasteiger partial charge in [-0.3, -0.25) is 9.69 Å². The second-order valence-electron chi connectivity index (χ2n) is 4.46. The van der Waals surface area contributed by atoms with Crippen LogP contribution in [0, 0.1) is 0 Å². The molecule has 1 aromatic carbocycles. The first kappa shape index (κ1) is 14.5. The molecule has 2 N–H and O–H groups in total. The fourth-order valence-electron chi connectivity index (χ4n) is 1.95. The van der Waals surface area contributed by atoms with Gasteiger partial charge in [0.05, 0.1) is 6.54 Å². The minimum Gasteiger partial charge on any atom is -0.508 e. The number of amides is 1. The van der Waals surface area contributed by atoms with Crippen LogP contribution in [0.15, 0.2) is 24.3 Å². The lowest BCUT2D eigenvalue weighted by Crippen LogP contribution is -2.41. The van der Waals surface area contributed by atoms with Crippen LogP contribution in [0.4, 0.5) is 0 Å². The lowest BCUT2D eigenvalue weighted by atomic mass is 10.1. The van der Waals surface area contributed by atoms with Crippen LogP contribution in [-0.2, 0) is 11.2 Å². The average Bonchev–Trinajstić information content (AvgIpc) is 2.38. The van der Waals surface area contributed by atoms with Gasteiger partial charge in [-0.1, -0.05) is 19.1 Å². The minimum absolute atomic E-state index is 0.0365. The van der Waals surface area contributed by atoms with Crippen molar-refractivity contribution in [1.29, 1.82) is 0 Å². The van der Waals surface area contributed by atoms with Gasteiger partial charge in [-0.15, -0.1) is 0 Å². The minimum atomic E-state index is 0.0365. The number of rotatable bonds is 6. The van der Waals surface area contributed by atoms with E-state index < -0.39 is 0 Å². The topological polar surface area (TPSA) is 52.6 Å². The molecule has 0 saturated carbocycles. The van der Waals surface area contributed by atoms with Gasteiger partial charge in [-0.2, -0.15) is 0 Å². The Bertz CT molecular complexity index is 376. The summed E-state index contributed by atoms with van der Waals surface area (Å²) in [5, 5.41) is 11.9. The van der Waals surface area contributed by atoms with Gasteiger partial charge in [-0.05, 0) is 37.6 Å². The Kier molecular flexibility index (Phi) is 5.65. The first-order chi connectivity index (χ1) is 8.56. The van der Waals surface area contributed by atoms with Crippen molar-refractivity contribution in [3.8, 4) is 5.75 Å². The highest BCUT2D eigenvalue weighted by atomic mass is 16.3. The molecule has 0 aliphatic rings. The molecule has 0 aliphatic heterocycles. The predicted octanol–water partition coefficient (Wildman–Crippen LogP) is 1.39. The molecule has 0 aromatic heterocycles. The van der Waals surface area contributed by atoms with E-state index in [2.05, 4.69) is 24.1 Å². The molecule has 0 bridgehead atoms. The zero-order chi connectivity index (χ0) is 13.5. The second-order valence-corrected chi connectivity index (χ2v) is 4.46. The highest BCUT2D eigenvalue weighted by Crippen LogP contribution is 2.13. The van der Waals surface area contributed by atoms with E-state index in [9.17, 15) is 9.90 Å². The van der Waals surface area contributed by atoms with Gasteiger partial charge in [0, 0.05) is 13.1 Å². The summed E-state index contributed by atoms with van der Waals surface area (Å²) in [6.07, 6.45) is 0.866. The van der Waals surface area contributed by atoms with Crippen LogP contribution in [-0.4, -0.2) is 42.1 Å². The Morgan fingerprint density at radius 2 is 2.00 bits per heavy atom. The molecule has 4 heteroatoms. The smallest absolute Gasteiger partial charge is 0.233 e. The maximum Gasteiger partial charge on any atom is 0.233 e. The summed E-state index contributed by atoms with van der Waals surface area (Å²) in [5.74, 6) is 0.318. The van der Waals surface area contributed by atoms with Crippen molar-refractivity contribution in [3.05, 3.63) is 29.8 Å². The van der Waals surface area contributed by atoms with Crippen LogP contribution in [0.25, 0.3) is 0 Å². The number of nitrogens with one attached hydrogen (secondary N) is 1. The number of hydrogen-bond acceptors (Lipinski definition) is 3. The van der Waals surface area contributed by atoms with Crippen molar-refractivity contribution >= 4 is 5.91 Å². The van der Waals surface area contributed by atoms with Gasteiger partial charge in [0.15, 0.2) is 0 Å². The Labute approximate surface area is 109 Å². The molecule has 0 aliphatic carbocycles. The highest BCUT2D eigenvalue weighted by Gasteiger charge is 2.15. The van der Waals surface area contributed by atoms with Crippen LogP contribution < -0.4 is 5.32 Å². The number of aromatic hydroxyl groups is 1. The van der Waals surface area contributed by atoms with Gasteiger partial charge in [0.1, 0.15) is 5.75 Å². The Balaban J connectivity index is 2.58. The van der Waals surface area contributed by atoms with Crippen LogP contribution in [0.5, 0.6) is 5.75 Å². The molecule has 0 saturated heterocycles. The molecule has 1 unspecified atom stereocenters.